The minimum atomic E-state index is -0.960. The number of hydrogen-bond acceptors (Lipinski definition) is 3. The molecule has 0 aromatic carbocycles. The van der Waals surface area contributed by atoms with Gasteiger partial charge < -0.3 is 14.2 Å². The summed E-state index contributed by atoms with van der Waals surface area (Å²) in [5.41, 5.74) is 0. The normalized spacial score (nSPS) is 14.9. The van der Waals surface area contributed by atoms with Crippen molar-refractivity contribution in [3.05, 3.63) is 12.7 Å². The van der Waals surface area contributed by atoms with Crippen molar-refractivity contribution >= 4 is 0 Å². The Balaban J connectivity index is 4.74. The predicted molar refractivity (Wildman–Crippen MR) is 89.2 cm³/mol. The van der Waals surface area contributed by atoms with Crippen LogP contribution in [0.1, 0.15) is 65.2 Å². The molecule has 0 radical (unpaired) electrons. The number of rotatable bonds is 14. The summed E-state index contributed by atoms with van der Waals surface area (Å²) in [5, 5.41) is 0. The quantitative estimate of drug-likeness (QED) is 0.252. The van der Waals surface area contributed by atoms with Crippen LogP contribution in [0.5, 0.6) is 0 Å². The van der Waals surface area contributed by atoms with Gasteiger partial charge >= 0.3 is 0 Å². The summed E-state index contributed by atoms with van der Waals surface area (Å²) in [7, 11) is 4.95. The van der Waals surface area contributed by atoms with E-state index in [1.807, 2.05) is 6.08 Å². The van der Waals surface area contributed by atoms with Crippen molar-refractivity contribution < 1.29 is 14.2 Å². The fourth-order valence-electron chi connectivity index (χ4n) is 3.14. The zero-order chi connectivity index (χ0) is 16.1. The van der Waals surface area contributed by atoms with E-state index in [1.165, 1.54) is 32.1 Å². The van der Waals surface area contributed by atoms with Crippen molar-refractivity contribution in [3.8, 4) is 0 Å². The zero-order valence-corrected chi connectivity index (χ0v) is 14.8. The Morgan fingerprint density at radius 3 is 1.86 bits per heavy atom. The van der Waals surface area contributed by atoms with Crippen LogP contribution in [0.2, 0.25) is 0 Å². The van der Waals surface area contributed by atoms with Gasteiger partial charge in [0.25, 0.3) is 5.97 Å². The van der Waals surface area contributed by atoms with Gasteiger partial charge in [0, 0.05) is 27.2 Å². The molecule has 0 bridgehead atoms. The first-order valence-electron chi connectivity index (χ1n) is 8.43. The molecule has 3 nitrogen and oxygen atoms in total. The third kappa shape index (κ3) is 6.50. The lowest BCUT2D eigenvalue weighted by Gasteiger charge is -2.39. The predicted octanol–water partition coefficient (Wildman–Crippen LogP) is 5.16. The Bertz CT molecular complexity index is 241. The van der Waals surface area contributed by atoms with Crippen molar-refractivity contribution in [3.63, 3.8) is 0 Å². The first-order valence-corrected chi connectivity index (χ1v) is 8.43. The fraction of sp³-hybridized carbons (Fsp3) is 0.889. The summed E-state index contributed by atoms with van der Waals surface area (Å²) < 4.78 is 16.8. The van der Waals surface area contributed by atoms with Crippen LogP contribution in [0.4, 0.5) is 0 Å². The molecule has 0 aliphatic heterocycles. The SMILES string of the molecule is C=CC(CCCCCCC)C(CCC)C(OC)(OC)OC. The van der Waals surface area contributed by atoms with Crippen molar-refractivity contribution in [2.24, 2.45) is 11.8 Å². The molecule has 21 heavy (non-hydrogen) atoms. The second-order valence-electron chi connectivity index (χ2n) is 5.71. The van der Waals surface area contributed by atoms with Gasteiger partial charge in [-0.2, -0.15) is 0 Å². The highest BCUT2D eigenvalue weighted by molar-refractivity contribution is 4.89. The summed E-state index contributed by atoms with van der Waals surface area (Å²) >= 11 is 0. The molecule has 0 rings (SSSR count). The Morgan fingerprint density at radius 1 is 0.857 bits per heavy atom. The van der Waals surface area contributed by atoms with Gasteiger partial charge in [0.05, 0.1) is 0 Å². The minimum Gasteiger partial charge on any atom is -0.331 e. The number of ether oxygens (including phenoxy) is 3. The molecule has 126 valence electrons. The molecule has 0 saturated heterocycles. The van der Waals surface area contributed by atoms with Crippen LogP contribution in [0.3, 0.4) is 0 Å². The lowest BCUT2D eigenvalue weighted by Crippen LogP contribution is -2.47. The molecule has 0 aliphatic carbocycles. The van der Waals surface area contributed by atoms with Gasteiger partial charge in [-0.25, -0.2) is 0 Å². The average molecular weight is 300 g/mol. The molecule has 0 spiro atoms. The van der Waals surface area contributed by atoms with Gasteiger partial charge in [-0.05, 0) is 18.8 Å². The van der Waals surface area contributed by atoms with Gasteiger partial charge in [0.2, 0.25) is 0 Å². The van der Waals surface area contributed by atoms with Gasteiger partial charge in [-0.1, -0.05) is 58.4 Å². The third-order valence-electron chi connectivity index (χ3n) is 4.37. The highest BCUT2D eigenvalue weighted by atomic mass is 16.9. The zero-order valence-electron chi connectivity index (χ0n) is 14.8. The molecule has 3 heteroatoms. The molecule has 0 fully saturated rings. The van der Waals surface area contributed by atoms with E-state index < -0.39 is 5.97 Å². The fourth-order valence-corrected chi connectivity index (χ4v) is 3.14. The average Bonchev–Trinajstić information content (AvgIpc) is 2.52. The van der Waals surface area contributed by atoms with Crippen LogP contribution in [0, 0.1) is 11.8 Å². The van der Waals surface area contributed by atoms with E-state index in [9.17, 15) is 0 Å². The summed E-state index contributed by atoms with van der Waals surface area (Å²) in [5.74, 6) is -0.434. The maximum absolute atomic E-state index is 5.59. The second kappa shape index (κ2) is 12.2. The molecule has 0 saturated carbocycles. The van der Waals surface area contributed by atoms with Gasteiger partial charge in [-0.3, -0.25) is 0 Å². The van der Waals surface area contributed by atoms with E-state index in [0.717, 1.165) is 19.3 Å². The lowest BCUT2D eigenvalue weighted by molar-refractivity contribution is -0.384. The summed E-state index contributed by atoms with van der Waals surface area (Å²) in [6.45, 7) is 8.45. The van der Waals surface area contributed by atoms with Crippen molar-refractivity contribution in [2.75, 3.05) is 21.3 Å². The molecule has 0 amide bonds. The smallest absolute Gasteiger partial charge is 0.285 e. The van der Waals surface area contributed by atoms with E-state index in [2.05, 4.69) is 20.4 Å². The van der Waals surface area contributed by atoms with Crippen LogP contribution in [-0.4, -0.2) is 27.3 Å². The van der Waals surface area contributed by atoms with Crippen LogP contribution < -0.4 is 0 Å². The van der Waals surface area contributed by atoms with Crippen molar-refractivity contribution in [1.82, 2.24) is 0 Å². The van der Waals surface area contributed by atoms with Crippen LogP contribution >= 0.6 is 0 Å². The molecule has 0 heterocycles. The molecule has 0 aromatic heterocycles. The molecule has 0 aliphatic rings. The minimum absolute atomic E-state index is 0.172. The van der Waals surface area contributed by atoms with Crippen molar-refractivity contribution in [1.29, 1.82) is 0 Å². The first-order chi connectivity index (χ1) is 10.2. The summed E-state index contributed by atoms with van der Waals surface area (Å²) in [6, 6.07) is 0. The third-order valence-corrected chi connectivity index (χ3v) is 4.37. The van der Waals surface area contributed by atoms with Crippen LogP contribution in [0.25, 0.3) is 0 Å². The van der Waals surface area contributed by atoms with Crippen LogP contribution in [-0.2, 0) is 14.2 Å². The molecule has 2 unspecified atom stereocenters. The second-order valence-corrected chi connectivity index (χ2v) is 5.71. The summed E-state index contributed by atoms with van der Waals surface area (Å²) in [6.07, 6.45) is 11.7. The highest BCUT2D eigenvalue weighted by Gasteiger charge is 2.42. The van der Waals surface area contributed by atoms with E-state index in [0.29, 0.717) is 5.92 Å². The monoisotopic (exact) mass is 300 g/mol. The van der Waals surface area contributed by atoms with Gasteiger partial charge in [0.15, 0.2) is 0 Å². The molecular formula is C18H36O3. The number of allylic oxidation sites excluding steroid dienone is 1. The lowest BCUT2D eigenvalue weighted by atomic mass is 9.82. The Labute approximate surface area is 132 Å². The largest absolute Gasteiger partial charge is 0.331 e. The number of hydrogen-bond donors (Lipinski definition) is 0. The van der Waals surface area contributed by atoms with E-state index in [1.54, 1.807) is 21.3 Å². The van der Waals surface area contributed by atoms with E-state index >= 15 is 0 Å². The van der Waals surface area contributed by atoms with Crippen molar-refractivity contribution in [2.45, 2.75) is 71.2 Å². The maximum atomic E-state index is 5.59. The molecule has 2 atom stereocenters. The topological polar surface area (TPSA) is 27.7 Å². The first kappa shape index (κ1) is 20.6. The number of unbranched alkanes of at least 4 members (excludes halogenated alkanes) is 4. The highest BCUT2D eigenvalue weighted by Crippen LogP contribution is 2.36. The standard InChI is InChI=1S/C18H36O3/c1-7-10-11-12-13-15-16(9-3)17(14-8-2)18(19-4,20-5)21-6/h9,16-17H,3,7-8,10-15H2,1-2,4-6H3. The Hall–Kier alpha value is -0.380. The molecule has 0 N–H and O–H groups in total. The maximum Gasteiger partial charge on any atom is 0.285 e. The van der Waals surface area contributed by atoms with Gasteiger partial charge in [0.1, 0.15) is 0 Å². The number of methoxy groups -OCH3 is 3. The Kier molecular flexibility index (Phi) is 12.0. The van der Waals surface area contributed by atoms with E-state index in [-0.39, 0.29) is 5.92 Å². The van der Waals surface area contributed by atoms with Crippen LogP contribution in [0.15, 0.2) is 12.7 Å². The van der Waals surface area contributed by atoms with E-state index in [4.69, 9.17) is 14.2 Å². The Morgan fingerprint density at radius 2 is 1.43 bits per heavy atom. The molecule has 0 aromatic rings. The summed E-state index contributed by atoms with van der Waals surface area (Å²) in [4.78, 5) is 0. The molecular weight excluding hydrogens is 264 g/mol. The van der Waals surface area contributed by atoms with Gasteiger partial charge in [-0.15, -0.1) is 6.58 Å².